The van der Waals surface area contributed by atoms with Gasteiger partial charge in [-0.1, -0.05) is 32.0 Å². The topological polar surface area (TPSA) is 54.9 Å². The van der Waals surface area contributed by atoms with Gasteiger partial charge in [0.1, 0.15) is 5.01 Å². The molecule has 1 N–H and O–H groups in total. The third-order valence-electron chi connectivity index (χ3n) is 5.08. The molecule has 0 fully saturated rings. The van der Waals surface area contributed by atoms with Gasteiger partial charge < -0.3 is 5.32 Å². The predicted molar refractivity (Wildman–Crippen MR) is 110 cm³/mol. The molecule has 0 spiro atoms. The zero-order valence-electron chi connectivity index (χ0n) is 15.6. The van der Waals surface area contributed by atoms with Crippen molar-refractivity contribution in [2.75, 3.05) is 5.32 Å². The maximum atomic E-state index is 12.9. The van der Waals surface area contributed by atoms with E-state index in [1.54, 1.807) is 23.7 Å². The number of nitrogens with one attached hydrogen (secondary N) is 1. The monoisotopic (exact) mass is 377 g/mol. The van der Waals surface area contributed by atoms with Crippen LogP contribution in [0.25, 0.3) is 10.6 Å². The number of carbonyl (C=O) groups excluding carboxylic acids is 1. The van der Waals surface area contributed by atoms with E-state index in [0.29, 0.717) is 5.92 Å². The minimum Gasteiger partial charge on any atom is -0.326 e. The van der Waals surface area contributed by atoms with Gasteiger partial charge in [-0.25, -0.2) is 4.98 Å². The third-order valence-corrected chi connectivity index (χ3v) is 6.25. The van der Waals surface area contributed by atoms with Crippen molar-refractivity contribution in [2.45, 2.75) is 39.0 Å². The fourth-order valence-electron chi connectivity index (χ4n) is 3.57. The van der Waals surface area contributed by atoms with E-state index in [1.165, 1.54) is 10.4 Å². The molecule has 1 unspecified atom stereocenters. The van der Waals surface area contributed by atoms with E-state index < -0.39 is 0 Å². The van der Waals surface area contributed by atoms with E-state index in [-0.39, 0.29) is 11.8 Å². The van der Waals surface area contributed by atoms with Gasteiger partial charge in [0.05, 0.1) is 5.69 Å². The number of benzene rings is 1. The second kappa shape index (κ2) is 7.61. The molecule has 0 saturated heterocycles. The first kappa shape index (κ1) is 17.9. The average Bonchev–Trinajstić information content (AvgIpc) is 3.12. The van der Waals surface area contributed by atoms with Gasteiger partial charge in [-0.05, 0) is 48.9 Å². The summed E-state index contributed by atoms with van der Waals surface area (Å²) in [6.07, 6.45) is 6.06. The Morgan fingerprint density at radius 1 is 1.19 bits per heavy atom. The highest BCUT2D eigenvalue weighted by atomic mass is 32.1. The summed E-state index contributed by atoms with van der Waals surface area (Å²) in [7, 11) is 0. The average molecular weight is 378 g/mol. The summed E-state index contributed by atoms with van der Waals surface area (Å²) < 4.78 is 0. The number of rotatable bonds is 4. The first-order valence-electron chi connectivity index (χ1n) is 9.40. The van der Waals surface area contributed by atoms with Gasteiger partial charge in [0.25, 0.3) is 0 Å². The molecule has 27 heavy (non-hydrogen) atoms. The van der Waals surface area contributed by atoms with Gasteiger partial charge in [-0.15, -0.1) is 11.3 Å². The molecule has 2 heterocycles. The van der Waals surface area contributed by atoms with Crippen molar-refractivity contribution in [2.24, 2.45) is 5.92 Å². The predicted octanol–water partition coefficient (Wildman–Crippen LogP) is 5.07. The molecule has 2 aromatic heterocycles. The molecule has 138 valence electrons. The van der Waals surface area contributed by atoms with E-state index in [9.17, 15) is 4.79 Å². The van der Waals surface area contributed by atoms with Crippen LogP contribution in [0.5, 0.6) is 0 Å². The van der Waals surface area contributed by atoms with Crippen LogP contribution in [-0.2, 0) is 17.6 Å². The van der Waals surface area contributed by atoms with Crippen molar-refractivity contribution in [3.05, 3.63) is 64.9 Å². The SMILES string of the molecule is CC(C)c1ccccc1NC(=O)C1CCc2nc(-c3ccncc3)sc2C1. The molecule has 4 rings (SSSR count). The van der Waals surface area contributed by atoms with Crippen molar-refractivity contribution in [3.63, 3.8) is 0 Å². The Bertz CT molecular complexity index is 949. The van der Waals surface area contributed by atoms with Crippen molar-refractivity contribution in [1.29, 1.82) is 0 Å². The van der Waals surface area contributed by atoms with Crippen LogP contribution in [-0.4, -0.2) is 15.9 Å². The highest BCUT2D eigenvalue weighted by Gasteiger charge is 2.28. The highest BCUT2D eigenvalue weighted by Crippen LogP contribution is 2.35. The summed E-state index contributed by atoms with van der Waals surface area (Å²) in [4.78, 5) is 23.0. The summed E-state index contributed by atoms with van der Waals surface area (Å²) in [5.74, 6) is 0.500. The second-order valence-corrected chi connectivity index (χ2v) is 8.38. The first-order valence-corrected chi connectivity index (χ1v) is 10.2. The first-order chi connectivity index (χ1) is 13.1. The molecular weight excluding hydrogens is 354 g/mol. The van der Waals surface area contributed by atoms with Gasteiger partial charge in [-0.3, -0.25) is 9.78 Å². The summed E-state index contributed by atoms with van der Waals surface area (Å²) in [5, 5.41) is 4.19. The number of thiazole rings is 1. The Kier molecular flexibility index (Phi) is 5.03. The maximum Gasteiger partial charge on any atom is 0.227 e. The number of pyridine rings is 1. The molecule has 0 saturated carbocycles. The smallest absolute Gasteiger partial charge is 0.227 e. The molecule has 0 aliphatic heterocycles. The summed E-state index contributed by atoms with van der Waals surface area (Å²) in [6.45, 7) is 4.30. The summed E-state index contributed by atoms with van der Waals surface area (Å²) >= 11 is 1.71. The molecule has 1 amide bonds. The van der Waals surface area contributed by atoms with Crippen molar-refractivity contribution in [1.82, 2.24) is 9.97 Å². The Balaban J connectivity index is 1.50. The minimum atomic E-state index is 0.00320. The fourth-order valence-corrected chi connectivity index (χ4v) is 4.76. The third kappa shape index (κ3) is 3.78. The van der Waals surface area contributed by atoms with E-state index in [1.807, 2.05) is 30.3 Å². The lowest BCUT2D eigenvalue weighted by molar-refractivity contribution is -0.120. The number of aromatic nitrogens is 2. The molecule has 3 aromatic rings. The maximum absolute atomic E-state index is 12.9. The second-order valence-electron chi connectivity index (χ2n) is 7.30. The van der Waals surface area contributed by atoms with Crippen LogP contribution < -0.4 is 5.32 Å². The van der Waals surface area contributed by atoms with Gasteiger partial charge in [0.2, 0.25) is 5.91 Å². The molecule has 0 bridgehead atoms. The molecule has 4 nitrogen and oxygen atoms in total. The van der Waals surface area contributed by atoms with E-state index in [0.717, 1.165) is 41.2 Å². The lowest BCUT2D eigenvalue weighted by atomic mass is 9.90. The number of hydrogen-bond acceptors (Lipinski definition) is 4. The number of anilines is 1. The highest BCUT2D eigenvalue weighted by molar-refractivity contribution is 7.15. The lowest BCUT2D eigenvalue weighted by Crippen LogP contribution is -2.28. The van der Waals surface area contributed by atoms with Crippen molar-refractivity contribution >= 4 is 22.9 Å². The molecule has 1 atom stereocenters. The van der Waals surface area contributed by atoms with Crippen LogP contribution >= 0.6 is 11.3 Å². The summed E-state index contributed by atoms with van der Waals surface area (Å²) in [5.41, 5.74) is 4.36. The molecule has 1 aliphatic rings. The Hall–Kier alpha value is -2.53. The molecule has 0 radical (unpaired) electrons. The van der Waals surface area contributed by atoms with Crippen LogP contribution in [0.2, 0.25) is 0 Å². The zero-order valence-corrected chi connectivity index (χ0v) is 16.4. The number of para-hydroxylation sites is 1. The van der Waals surface area contributed by atoms with E-state index in [4.69, 9.17) is 4.98 Å². The largest absolute Gasteiger partial charge is 0.326 e. The van der Waals surface area contributed by atoms with Crippen LogP contribution in [0.4, 0.5) is 5.69 Å². The van der Waals surface area contributed by atoms with E-state index >= 15 is 0 Å². The number of aryl methyl sites for hydroxylation is 1. The molecule has 1 aliphatic carbocycles. The van der Waals surface area contributed by atoms with Gasteiger partial charge in [0.15, 0.2) is 0 Å². The van der Waals surface area contributed by atoms with E-state index in [2.05, 4.69) is 30.2 Å². The van der Waals surface area contributed by atoms with Crippen LogP contribution in [0, 0.1) is 5.92 Å². The number of nitrogens with zero attached hydrogens (tertiary/aromatic N) is 2. The Morgan fingerprint density at radius 3 is 2.74 bits per heavy atom. The van der Waals surface area contributed by atoms with Gasteiger partial charge >= 0.3 is 0 Å². The van der Waals surface area contributed by atoms with Crippen molar-refractivity contribution < 1.29 is 4.79 Å². The number of fused-ring (bicyclic) bond motifs is 1. The van der Waals surface area contributed by atoms with Crippen molar-refractivity contribution in [3.8, 4) is 10.6 Å². The lowest BCUT2D eigenvalue weighted by Gasteiger charge is -2.22. The number of carbonyl (C=O) groups is 1. The quantitative estimate of drug-likeness (QED) is 0.690. The number of amides is 1. The molecular formula is C22H23N3OS. The fraction of sp³-hybridized carbons (Fsp3) is 0.318. The van der Waals surface area contributed by atoms with Crippen LogP contribution in [0.15, 0.2) is 48.8 Å². The Morgan fingerprint density at radius 2 is 1.96 bits per heavy atom. The summed E-state index contributed by atoms with van der Waals surface area (Å²) in [6, 6.07) is 12.0. The minimum absolute atomic E-state index is 0.00320. The standard InChI is InChI=1S/C22H23N3OS/c1-14(2)17-5-3-4-6-18(17)24-21(26)16-7-8-19-20(13-16)27-22(25-19)15-9-11-23-12-10-15/h3-6,9-12,14,16H,7-8,13H2,1-2H3,(H,24,26). The normalized spacial score (nSPS) is 16.2. The molecule has 5 heteroatoms. The molecule has 1 aromatic carbocycles. The van der Waals surface area contributed by atoms with Crippen LogP contribution in [0.1, 0.15) is 42.3 Å². The van der Waals surface area contributed by atoms with Gasteiger partial charge in [-0.2, -0.15) is 0 Å². The Labute approximate surface area is 163 Å². The number of hydrogen-bond donors (Lipinski definition) is 1. The zero-order chi connectivity index (χ0) is 18.8. The van der Waals surface area contributed by atoms with Gasteiger partial charge in [0, 0.05) is 34.4 Å². The van der Waals surface area contributed by atoms with Crippen LogP contribution in [0.3, 0.4) is 0 Å².